The van der Waals surface area contributed by atoms with Crippen molar-refractivity contribution in [2.45, 2.75) is 19.8 Å². The number of non-ortho nitro benzene ring substituents is 1. The number of H-pyrrole nitrogens is 1. The lowest BCUT2D eigenvalue weighted by atomic mass is 9.78. The number of amides is 1. The van der Waals surface area contributed by atoms with E-state index >= 15 is 0 Å². The van der Waals surface area contributed by atoms with E-state index < -0.39 is 16.8 Å². The molecule has 9 nitrogen and oxygen atoms in total. The highest BCUT2D eigenvalue weighted by Gasteiger charge is 2.43. The van der Waals surface area contributed by atoms with Gasteiger partial charge in [0, 0.05) is 35.0 Å². The second kappa shape index (κ2) is 9.10. The molecule has 2 unspecified atom stereocenters. The Morgan fingerprint density at radius 1 is 0.917 bits per heavy atom. The Balaban J connectivity index is 1.69. The third-order valence-corrected chi connectivity index (χ3v) is 6.40. The Labute approximate surface area is 206 Å². The van der Waals surface area contributed by atoms with Crippen LogP contribution in [0.2, 0.25) is 0 Å². The summed E-state index contributed by atoms with van der Waals surface area (Å²) in [5, 5.41) is 20.5. The van der Waals surface area contributed by atoms with Crippen molar-refractivity contribution in [2.75, 3.05) is 5.01 Å². The Kier molecular flexibility index (Phi) is 5.81. The molecule has 180 valence electrons. The van der Waals surface area contributed by atoms with Crippen LogP contribution in [0.4, 0.5) is 11.4 Å². The fourth-order valence-corrected chi connectivity index (χ4v) is 4.76. The van der Waals surface area contributed by atoms with Crippen molar-refractivity contribution in [3.8, 4) is 5.69 Å². The van der Waals surface area contributed by atoms with Crippen molar-refractivity contribution in [2.24, 2.45) is 11.0 Å². The minimum atomic E-state index is -0.821. The lowest BCUT2D eigenvalue weighted by Gasteiger charge is -2.23. The van der Waals surface area contributed by atoms with Crippen LogP contribution in [-0.2, 0) is 4.79 Å². The highest BCUT2D eigenvalue weighted by Crippen LogP contribution is 2.39. The molecule has 1 aromatic heterocycles. The summed E-state index contributed by atoms with van der Waals surface area (Å²) >= 11 is 0. The molecule has 0 spiro atoms. The van der Waals surface area contributed by atoms with Gasteiger partial charge in [0.25, 0.3) is 17.2 Å². The van der Waals surface area contributed by atoms with Gasteiger partial charge in [0.1, 0.15) is 0 Å². The number of hydrogen-bond acceptors (Lipinski definition) is 5. The minimum Gasteiger partial charge on any atom is -0.295 e. The van der Waals surface area contributed by atoms with Gasteiger partial charge in [-0.1, -0.05) is 48.5 Å². The van der Waals surface area contributed by atoms with Gasteiger partial charge in [-0.15, -0.1) is 0 Å². The summed E-state index contributed by atoms with van der Waals surface area (Å²) in [6.07, 6.45) is 0. The molecule has 5 rings (SSSR count). The molecule has 1 N–H and O–H groups in total. The Morgan fingerprint density at radius 3 is 2.19 bits per heavy atom. The molecular formula is C27H23N5O4. The van der Waals surface area contributed by atoms with Crippen molar-refractivity contribution in [1.82, 2.24) is 9.78 Å². The number of hydrogen-bond donors (Lipinski definition) is 1. The molecule has 0 radical (unpaired) electrons. The summed E-state index contributed by atoms with van der Waals surface area (Å²) in [5.41, 5.74) is 2.75. The molecular weight excluding hydrogens is 458 g/mol. The van der Waals surface area contributed by atoms with Gasteiger partial charge < -0.3 is 0 Å². The maximum absolute atomic E-state index is 13.8. The average Bonchev–Trinajstić information content (AvgIpc) is 3.36. The normalized spacial score (nSPS) is 16.2. The number of aromatic amines is 1. The predicted octanol–water partition coefficient (Wildman–Crippen LogP) is 4.55. The van der Waals surface area contributed by atoms with Crippen LogP contribution in [0.25, 0.3) is 5.69 Å². The van der Waals surface area contributed by atoms with Crippen LogP contribution in [-0.4, -0.2) is 26.3 Å². The predicted molar refractivity (Wildman–Crippen MR) is 137 cm³/mol. The maximum atomic E-state index is 13.8. The summed E-state index contributed by atoms with van der Waals surface area (Å²) in [4.78, 5) is 38.6. The largest absolute Gasteiger partial charge is 0.295 e. The second-order valence-corrected chi connectivity index (χ2v) is 8.66. The minimum absolute atomic E-state index is 0.117. The number of nitrogens with one attached hydrogen (secondary N) is 1. The molecule has 3 aromatic carbocycles. The number of hydrazone groups is 1. The fraction of sp³-hybridized carbons (Fsp3) is 0.148. The Bertz CT molecular complexity index is 1540. The molecule has 1 aliphatic rings. The van der Waals surface area contributed by atoms with Gasteiger partial charge in [-0.3, -0.25) is 24.8 Å². The van der Waals surface area contributed by atoms with E-state index in [-0.39, 0.29) is 17.2 Å². The van der Waals surface area contributed by atoms with Crippen LogP contribution in [0.1, 0.15) is 29.7 Å². The summed E-state index contributed by atoms with van der Waals surface area (Å²) in [6.45, 7) is 3.51. The van der Waals surface area contributed by atoms with Gasteiger partial charge in [0.05, 0.1) is 22.2 Å². The van der Waals surface area contributed by atoms with E-state index in [1.165, 1.54) is 21.8 Å². The van der Waals surface area contributed by atoms with Crippen molar-refractivity contribution >= 4 is 23.0 Å². The van der Waals surface area contributed by atoms with Crippen molar-refractivity contribution in [3.63, 3.8) is 0 Å². The van der Waals surface area contributed by atoms with E-state index in [4.69, 9.17) is 0 Å². The topological polar surface area (TPSA) is 114 Å². The van der Waals surface area contributed by atoms with E-state index in [0.29, 0.717) is 33.9 Å². The zero-order chi connectivity index (χ0) is 25.4. The smallest absolute Gasteiger partial charge is 0.275 e. The van der Waals surface area contributed by atoms with E-state index in [2.05, 4.69) is 10.2 Å². The first-order valence-electron chi connectivity index (χ1n) is 11.4. The van der Waals surface area contributed by atoms with Crippen molar-refractivity contribution < 1.29 is 9.72 Å². The highest BCUT2D eigenvalue weighted by atomic mass is 16.6. The lowest BCUT2D eigenvalue weighted by molar-refractivity contribution is -0.384. The monoisotopic (exact) mass is 481 g/mol. The van der Waals surface area contributed by atoms with Gasteiger partial charge in [0.15, 0.2) is 0 Å². The van der Waals surface area contributed by atoms with Gasteiger partial charge >= 0.3 is 0 Å². The molecule has 36 heavy (non-hydrogen) atoms. The van der Waals surface area contributed by atoms with Gasteiger partial charge in [-0.25, -0.2) is 9.69 Å². The summed E-state index contributed by atoms with van der Waals surface area (Å²) in [7, 11) is 0. The van der Waals surface area contributed by atoms with Crippen LogP contribution in [0.3, 0.4) is 0 Å². The average molecular weight is 482 g/mol. The molecule has 1 aliphatic heterocycles. The number of anilines is 1. The zero-order valence-corrected chi connectivity index (χ0v) is 19.7. The first-order chi connectivity index (χ1) is 17.4. The van der Waals surface area contributed by atoms with Gasteiger partial charge in [-0.2, -0.15) is 5.10 Å². The summed E-state index contributed by atoms with van der Waals surface area (Å²) < 4.78 is 1.43. The summed E-state index contributed by atoms with van der Waals surface area (Å²) in [5.74, 6) is -1.91. The molecule has 0 saturated carbocycles. The van der Waals surface area contributed by atoms with E-state index in [0.717, 1.165) is 0 Å². The number of aromatic nitrogens is 2. The zero-order valence-electron chi connectivity index (χ0n) is 19.7. The molecule has 9 heteroatoms. The molecule has 2 atom stereocenters. The molecule has 0 bridgehead atoms. The molecule has 2 heterocycles. The number of nitrogens with zero attached hydrogens (tertiary/aromatic N) is 4. The van der Waals surface area contributed by atoms with E-state index in [1.807, 2.05) is 36.4 Å². The molecule has 0 fully saturated rings. The van der Waals surface area contributed by atoms with Crippen LogP contribution in [0.5, 0.6) is 0 Å². The number of rotatable bonds is 6. The third kappa shape index (κ3) is 3.90. The number of aryl methyl sites for hydroxylation is 1. The van der Waals surface area contributed by atoms with E-state index in [1.54, 1.807) is 50.2 Å². The Hall–Kier alpha value is -4.79. The second-order valence-electron chi connectivity index (χ2n) is 8.66. The number of nitro benzene ring substituents is 1. The van der Waals surface area contributed by atoms with Crippen LogP contribution < -0.4 is 10.6 Å². The number of carbonyl (C=O) groups excluding carboxylic acids is 1. The quantitative estimate of drug-likeness (QED) is 0.321. The SMILES string of the molecule is CC1=NN(c2ccccc2)C(=O)C1C(c1cccc([N+](=O)[O-])c1)c1c(C)[nH]n(-c2ccccc2)c1=O. The number of nitro groups is 1. The molecule has 4 aromatic rings. The van der Waals surface area contributed by atoms with E-state index in [9.17, 15) is 19.7 Å². The highest BCUT2D eigenvalue weighted by molar-refractivity contribution is 6.15. The van der Waals surface area contributed by atoms with Gasteiger partial charge in [-0.05, 0) is 43.7 Å². The van der Waals surface area contributed by atoms with Crippen molar-refractivity contribution in [3.05, 3.63) is 122 Å². The molecule has 0 saturated heterocycles. The maximum Gasteiger partial charge on any atom is 0.275 e. The van der Waals surface area contributed by atoms with Crippen LogP contribution in [0.15, 0.2) is 94.8 Å². The number of benzene rings is 3. The fourth-order valence-electron chi connectivity index (χ4n) is 4.76. The van der Waals surface area contributed by atoms with Crippen LogP contribution >= 0.6 is 0 Å². The number of carbonyl (C=O) groups is 1. The van der Waals surface area contributed by atoms with Crippen LogP contribution in [0, 0.1) is 23.0 Å². The Morgan fingerprint density at radius 2 is 1.56 bits per heavy atom. The summed E-state index contributed by atoms with van der Waals surface area (Å²) in [6, 6.07) is 24.2. The molecule has 1 amide bonds. The lowest BCUT2D eigenvalue weighted by Crippen LogP contribution is -2.34. The number of para-hydroxylation sites is 2. The standard InChI is InChI=1S/C27H23N5O4/c1-17-23(26(33)30(28-17)20-11-5-3-6-12-20)25(19-10-9-15-22(16-19)32(35)36)24-18(2)29-31(27(24)34)21-13-7-4-8-14-21/h3-16,23,25,29H,1-2H3. The first kappa shape index (κ1) is 23.0. The van der Waals surface area contributed by atoms with Crippen molar-refractivity contribution in [1.29, 1.82) is 0 Å². The first-order valence-corrected chi connectivity index (χ1v) is 11.4. The third-order valence-electron chi connectivity index (χ3n) is 6.40. The van der Waals surface area contributed by atoms with Gasteiger partial charge in [0.2, 0.25) is 0 Å². The molecule has 0 aliphatic carbocycles.